The predicted octanol–water partition coefficient (Wildman–Crippen LogP) is 1.30. The zero-order chi connectivity index (χ0) is 16.8. The predicted molar refractivity (Wildman–Crippen MR) is 85.7 cm³/mol. The molecule has 1 aromatic rings. The Balaban J connectivity index is 2.15. The van der Waals surface area contributed by atoms with Crippen molar-refractivity contribution in [1.82, 2.24) is 10.9 Å². The Morgan fingerprint density at radius 3 is 2.30 bits per heavy atom. The lowest BCUT2D eigenvalue weighted by atomic mass is 9.99. The lowest BCUT2D eigenvalue weighted by Gasteiger charge is -2.22. The topological polar surface area (TPSA) is 88.7 Å². The molecule has 2 rings (SSSR count). The van der Waals surface area contributed by atoms with Crippen LogP contribution in [0.2, 0.25) is 5.02 Å². The number of rotatable bonds is 6. The maximum absolute atomic E-state index is 12.2. The summed E-state index contributed by atoms with van der Waals surface area (Å²) in [5.41, 5.74) is 6.46. The van der Waals surface area contributed by atoms with E-state index in [-0.39, 0.29) is 13.2 Å². The Morgan fingerprint density at radius 2 is 1.70 bits per heavy atom. The summed E-state index contributed by atoms with van der Waals surface area (Å²) < 4.78 is 10.1. The molecule has 3 atom stereocenters. The van der Waals surface area contributed by atoms with Crippen LogP contribution >= 0.6 is 11.6 Å². The normalized spacial score (nSPS) is 23.3. The first-order chi connectivity index (χ1) is 11.1. The summed E-state index contributed by atoms with van der Waals surface area (Å²) in [4.78, 5) is 24.3. The molecule has 0 bridgehead atoms. The van der Waals surface area contributed by atoms with Gasteiger partial charge in [-0.3, -0.25) is 9.59 Å². The van der Waals surface area contributed by atoms with E-state index in [0.29, 0.717) is 5.02 Å². The van der Waals surface area contributed by atoms with E-state index in [1.165, 1.54) is 0 Å². The van der Waals surface area contributed by atoms with Crippen molar-refractivity contribution in [3.8, 4) is 0 Å². The second-order valence-electron chi connectivity index (χ2n) is 4.93. The lowest BCUT2D eigenvalue weighted by Crippen LogP contribution is -2.43. The summed E-state index contributed by atoms with van der Waals surface area (Å²) in [7, 11) is 0. The number of hydrogen-bond donors (Lipinski definition) is 3. The van der Waals surface area contributed by atoms with E-state index in [9.17, 15) is 9.59 Å². The van der Waals surface area contributed by atoms with Gasteiger partial charge in [-0.05, 0) is 38.1 Å². The first-order valence-electron chi connectivity index (χ1n) is 7.43. The summed E-state index contributed by atoms with van der Waals surface area (Å²) in [5, 5.41) is 3.75. The minimum atomic E-state index is -0.821. The summed E-state index contributed by atoms with van der Waals surface area (Å²) in [5.74, 6) is -1.74. The van der Waals surface area contributed by atoms with E-state index < -0.39 is 30.1 Å². The van der Waals surface area contributed by atoms with Gasteiger partial charge in [0.2, 0.25) is 0 Å². The molecule has 1 saturated heterocycles. The maximum atomic E-state index is 12.2. The zero-order valence-corrected chi connectivity index (χ0v) is 13.7. The molecule has 0 amide bonds. The third-order valence-electron chi connectivity index (χ3n) is 3.38. The molecular weight excluding hydrogens is 322 g/mol. The van der Waals surface area contributed by atoms with Crippen molar-refractivity contribution < 1.29 is 19.1 Å². The van der Waals surface area contributed by atoms with Crippen molar-refractivity contribution >= 4 is 29.2 Å². The Bertz CT molecular complexity index is 552. The van der Waals surface area contributed by atoms with Crippen molar-refractivity contribution in [2.24, 2.45) is 5.92 Å². The summed E-state index contributed by atoms with van der Waals surface area (Å²) in [6.45, 7) is 3.90. The first kappa shape index (κ1) is 17.5. The monoisotopic (exact) mass is 341 g/mol. The fraction of sp³-hybridized carbons (Fsp3) is 0.467. The van der Waals surface area contributed by atoms with Gasteiger partial charge in [0.15, 0.2) is 0 Å². The van der Waals surface area contributed by atoms with E-state index in [0.717, 1.165) is 5.69 Å². The molecule has 3 unspecified atom stereocenters. The number of hydrogen-bond acceptors (Lipinski definition) is 7. The van der Waals surface area contributed by atoms with Crippen LogP contribution in [0.3, 0.4) is 0 Å². The number of halogens is 1. The van der Waals surface area contributed by atoms with Crippen LogP contribution in [0.1, 0.15) is 13.8 Å². The molecule has 0 radical (unpaired) electrons. The smallest absolute Gasteiger partial charge is 0.325 e. The molecule has 23 heavy (non-hydrogen) atoms. The van der Waals surface area contributed by atoms with Gasteiger partial charge in [0.1, 0.15) is 18.1 Å². The SMILES string of the molecule is CCOC(=O)C1NNC(Nc2ccc(Cl)cc2)C1C(=O)OCC. The first-order valence-corrected chi connectivity index (χ1v) is 7.81. The van der Waals surface area contributed by atoms with E-state index in [2.05, 4.69) is 16.2 Å². The average molecular weight is 342 g/mol. The number of nitrogens with one attached hydrogen (secondary N) is 3. The standard InChI is InChI=1S/C15H20ClN3O4/c1-3-22-14(20)11-12(15(21)23-4-2)18-19-13(11)17-10-7-5-9(16)6-8-10/h5-8,11-13,17-19H,3-4H2,1-2H3. The number of carbonyl (C=O) groups is 2. The summed E-state index contributed by atoms with van der Waals surface area (Å²) >= 11 is 5.86. The molecule has 7 nitrogen and oxygen atoms in total. The van der Waals surface area contributed by atoms with Crippen molar-refractivity contribution in [1.29, 1.82) is 0 Å². The van der Waals surface area contributed by atoms with Gasteiger partial charge in [-0.15, -0.1) is 0 Å². The van der Waals surface area contributed by atoms with Crippen molar-refractivity contribution in [3.05, 3.63) is 29.3 Å². The Labute approximate surface area is 139 Å². The number of esters is 2. The zero-order valence-electron chi connectivity index (χ0n) is 13.0. The second kappa shape index (κ2) is 8.14. The van der Waals surface area contributed by atoms with Crippen LogP contribution in [0.15, 0.2) is 24.3 Å². The largest absolute Gasteiger partial charge is 0.466 e. The Hall–Kier alpha value is -1.83. The van der Waals surface area contributed by atoms with Crippen LogP contribution in [0, 0.1) is 5.92 Å². The van der Waals surface area contributed by atoms with Crippen LogP contribution < -0.4 is 16.2 Å². The van der Waals surface area contributed by atoms with Crippen molar-refractivity contribution in [2.75, 3.05) is 18.5 Å². The van der Waals surface area contributed by atoms with Crippen LogP contribution in [0.25, 0.3) is 0 Å². The van der Waals surface area contributed by atoms with Gasteiger partial charge in [0, 0.05) is 10.7 Å². The molecule has 3 N–H and O–H groups in total. The van der Waals surface area contributed by atoms with Gasteiger partial charge in [-0.1, -0.05) is 11.6 Å². The fourth-order valence-corrected chi connectivity index (χ4v) is 2.48. The van der Waals surface area contributed by atoms with Crippen LogP contribution in [0.4, 0.5) is 5.69 Å². The minimum absolute atomic E-state index is 0.235. The molecule has 1 aliphatic rings. The van der Waals surface area contributed by atoms with Crippen LogP contribution in [-0.2, 0) is 19.1 Å². The molecule has 0 aromatic heterocycles. The van der Waals surface area contributed by atoms with Gasteiger partial charge in [0.05, 0.1) is 13.2 Å². The van der Waals surface area contributed by atoms with Crippen LogP contribution in [0.5, 0.6) is 0 Å². The third kappa shape index (κ3) is 4.34. The highest BCUT2D eigenvalue weighted by molar-refractivity contribution is 6.30. The molecule has 0 spiro atoms. The van der Waals surface area contributed by atoms with E-state index in [4.69, 9.17) is 21.1 Å². The number of carbonyl (C=O) groups excluding carboxylic acids is 2. The molecular formula is C15H20ClN3O4. The van der Waals surface area contributed by atoms with Crippen LogP contribution in [-0.4, -0.2) is 37.4 Å². The van der Waals surface area contributed by atoms with Crippen molar-refractivity contribution in [3.63, 3.8) is 0 Å². The average Bonchev–Trinajstić information content (AvgIpc) is 2.94. The third-order valence-corrected chi connectivity index (χ3v) is 3.63. The minimum Gasteiger partial charge on any atom is -0.466 e. The molecule has 1 heterocycles. The van der Waals surface area contributed by atoms with Gasteiger partial charge in [-0.2, -0.15) is 0 Å². The van der Waals surface area contributed by atoms with E-state index in [1.807, 2.05) is 0 Å². The van der Waals surface area contributed by atoms with E-state index in [1.54, 1.807) is 38.1 Å². The second-order valence-corrected chi connectivity index (χ2v) is 5.36. The lowest BCUT2D eigenvalue weighted by molar-refractivity contribution is -0.156. The van der Waals surface area contributed by atoms with Gasteiger partial charge in [-0.25, -0.2) is 10.9 Å². The number of benzene rings is 1. The molecule has 1 aromatic carbocycles. The summed E-state index contributed by atoms with van der Waals surface area (Å²) in [6.07, 6.45) is -0.523. The highest BCUT2D eigenvalue weighted by atomic mass is 35.5. The molecule has 1 aliphatic heterocycles. The molecule has 126 valence electrons. The Kier molecular flexibility index (Phi) is 6.20. The molecule has 0 saturated carbocycles. The molecule has 1 fully saturated rings. The molecule has 0 aliphatic carbocycles. The highest BCUT2D eigenvalue weighted by Gasteiger charge is 2.46. The quantitative estimate of drug-likeness (QED) is 0.672. The van der Waals surface area contributed by atoms with Gasteiger partial charge < -0.3 is 14.8 Å². The molecule has 8 heteroatoms. The fourth-order valence-electron chi connectivity index (χ4n) is 2.35. The van der Waals surface area contributed by atoms with Gasteiger partial charge >= 0.3 is 11.9 Å². The number of ether oxygens (including phenoxy) is 2. The summed E-state index contributed by atoms with van der Waals surface area (Å²) in [6, 6.07) is 6.20. The number of hydrazine groups is 1. The highest BCUT2D eigenvalue weighted by Crippen LogP contribution is 2.22. The Morgan fingerprint density at radius 1 is 1.09 bits per heavy atom. The van der Waals surface area contributed by atoms with Crippen molar-refractivity contribution in [2.45, 2.75) is 26.1 Å². The number of anilines is 1. The van der Waals surface area contributed by atoms with Gasteiger partial charge in [0.25, 0.3) is 0 Å². The van der Waals surface area contributed by atoms with E-state index >= 15 is 0 Å². The maximum Gasteiger partial charge on any atom is 0.325 e.